The minimum absolute atomic E-state index is 0.0783. The second kappa shape index (κ2) is 4.85. The van der Waals surface area contributed by atoms with Crippen molar-refractivity contribution in [2.45, 2.75) is 5.51 Å². The molecule has 0 spiro atoms. The van der Waals surface area contributed by atoms with Crippen molar-refractivity contribution in [1.29, 1.82) is 0 Å². The fourth-order valence-electron chi connectivity index (χ4n) is 0.860. The van der Waals surface area contributed by atoms with Crippen molar-refractivity contribution < 1.29 is 26.1 Å². The smallest absolute Gasteiger partial charge is 0.369 e. The molecule has 2 heterocycles. The predicted octanol–water partition coefficient (Wildman–Crippen LogP) is -0.378. The minimum Gasteiger partial charge on any atom is -0.369 e. The maximum Gasteiger partial charge on any atom is 0.522 e. The van der Waals surface area contributed by atoms with Crippen molar-refractivity contribution in [3.05, 3.63) is 16.7 Å². The standard InChI is InChI=1S/C5H5N5O.CHF3O3S/c6-5-9-3-2(4(11)10-5)7-1-8-3;2-1(3,4)8(5,6)7/h1H,(H4,6,7,8,9,10,11);(H,5,6,7). The monoisotopic (exact) mass is 301 g/mol. The van der Waals surface area contributed by atoms with E-state index in [2.05, 4.69) is 19.9 Å². The molecule has 0 saturated heterocycles. The Morgan fingerprint density at radius 1 is 1.37 bits per heavy atom. The van der Waals surface area contributed by atoms with E-state index in [0.29, 0.717) is 11.2 Å². The van der Waals surface area contributed by atoms with E-state index in [1.165, 1.54) is 6.33 Å². The highest BCUT2D eigenvalue weighted by molar-refractivity contribution is 7.86. The number of fused-ring (bicyclic) bond motifs is 1. The van der Waals surface area contributed by atoms with Crippen LogP contribution in [0.2, 0.25) is 0 Å². The van der Waals surface area contributed by atoms with E-state index >= 15 is 0 Å². The first kappa shape index (κ1) is 14.9. The van der Waals surface area contributed by atoms with Gasteiger partial charge in [-0.15, -0.1) is 0 Å². The number of anilines is 1. The Morgan fingerprint density at radius 2 is 1.89 bits per heavy atom. The lowest BCUT2D eigenvalue weighted by Gasteiger charge is -1.97. The van der Waals surface area contributed by atoms with Crippen molar-refractivity contribution in [1.82, 2.24) is 19.9 Å². The number of hydrogen-bond donors (Lipinski definition) is 4. The highest BCUT2D eigenvalue weighted by atomic mass is 32.2. The van der Waals surface area contributed by atoms with E-state index in [4.69, 9.17) is 18.7 Å². The molecule has 0 saturated carbocycles. The van der Waals surface area contributed by atoms with E-state index in [9.17, 15) is 18.0 Å². The SMILES string of the molecule is Nc1nc2nc[nH]c2c(=O)[nH]1.O=S(=O)(O)C(F)(F)F. The molecule has 0 unspecified atom stereocenters. The van der Waals surface area contributed by atoms with Gasteiger partial charge in [0.05, 0.1) is 6.33 Å². The third-order valence-electron chi connectivity index (χ3n) is 1.61. The summed E-state index contributed by atoms with van der Waals surface area (Å²) in [6.07, 6.45) is 1.40. The normalized spacial score (nSPS) is 12.0. The second-order valence-electron chi connectivity index (χ2n) is 2.97. The highest BCUT2D eigenvalue weighted by Gasteiger charge is 2.44. The summed E-state index contributed by atoms with van der Waals surface area (Å²) in [5, 5.41) is 0. The van der Waals surface area contributed by atoms with E-state index in [-0.39, 0.29) is 11.5 Å². The summed E-state index contributed by atoms with van der Waals surface area (Å²) in [6.45, 7) is 0. The molecule has 0 radical (unpaired) electrons. The quantitative estimate of drug-likeness (QED) is 0.382. The molecule has 19 heavy (non-hydrogen) atoms. The number of aromatic amines is 2. The molecule has 106 valence electrons. The van der Waals surface area contributed by atoms with Gasteiger partial charge in [0.25, 0.3) is 5.56 Å². The van der Waals surface area contributed by atoms with Crippen LogP contribution in [0.25, 0.3) is 11.2 Å². The zero-order valence-electron chi connectivity index (χ0n) is 8.76. The van der Waals surface area contributed by atoms with Gasteiger partial charge < -0.3 is 10.7 Å². The minimum atomic E-state index is -5.84. The fourth-order valence-corrected chi connectivity index (χ4v) is 0.860. The lowest BCUT2D eigenvalue weighted by atomic mass is 10.5. The van der Waals surface area contributed by atoms with Gasteiger partial charge in [-0.25, -0.2) is 4.98 Å². The number of halogens is 3. The molecular formula is C6H6F3N5O4S. The Hall–Kier alpha value is -2.15. The summed E-state index contributed by atoms with van der Waals surface area (Å²) in [5.41, 5.74) is 0.113. The van der Waals surface area contributed by atoms with Crippen LogP contribution in [0.5, 0.6) is 0 Å². The Morgan fingerprint density at radius 3 is 2.37 bits per heavy atom. The molecule has 0 aliphatic carbocycles. The van der Waals surface area contributed by atoms with E-state index in [1.54, 1.807) is 0 Å². The van der Waals surface area contributed by atoms with Gasteiger partial charge in [-0.3, -0.25) is 14.3 Å². The zero-order chi connectivity index (χ0) is 14.8. The average molecular weight is 301 g/mol. The van der Waals surface area contributed by atoms with Gasteiger partial charge in [-0.1, -0.05) is 0 Å². The van der Waals surface area contributed by atoms with E-state index < -0.39 is 15.6 Å². The number of nitrogens with one attached hydrogen (secondary N) is 2. The lowest BCUT2D eigenvalue weighted by Crippen LogP contribution is -2.21. The van der Waals surface area contributed by atoms with Crippen LogP contribution < -0.4 is 11.3 Å². The molecule has 0 bridgehead atoms. The van der Waals surface area contributed by atoms with Crippen molar-refractivity contribution in [2.75, 3.05) is 5.73 Å². The molecule has 0 fully saturated rings. The van der Waals surface area contributed by atoms with Crippen LogP contribution in [-0.2, 0) is 10.1 Å². The lowest BCUT2D eigenvalue weighted by molar-refractivity contribution is -0.0510. The maximum absolute atomic E-state index is 11.0. The number of aromatic nitrogens is 4. The summed E-state index contributed by atoms with van der Waals surface area (Å²) in [4.78, 5) is 23.5. The molecule has 0 amide bonds. The van der Waals surface area contributed by atoms with E-state index in [1.807, 2.05) is 0 Å². The molecule has 9 nitrogen and oxygen atoms in total. The van der Waals surface area contributed by atoms with Crippen molar-refractivity contribution >= 4 is 27.2 Å². The molecule has 13 heteroatoms. The van der Waals surface area contributed by atoms with Crippen LogP contribution in [0.4, 0.5) is 19.1 Å². The number of nitrogen functional groups attached to an aromatic ring is 1. The molecule has 2 rings (SSSR count). The first-order valence-electron chi connectivity index (χ1n) is 4.25. The van der Waals surface area contributed by atoms with Crippen LogP contribution in [0.1, 0.15) is 0 Å². The second-order valence-corrected chi connectivity index (χ2v) is 4.39. The van der Waals surface area contributed by atoms with E-state index in [0.717, 1.165) is 0 Å². The number of alkyl halides is 3. The number of hydrogen-bond acceptors (Lipinski definition) is 6. The summed E-state index contributed by atoms with van der Waals surface area (Å²) < 4.78 is 57.5. The molecule has 0 atom stereocenters. The van der Waals surface area contributed by atoms with Gasteiger partial charge in [0, 0.05) is 0 Å². The van der Waals surface area contributed by atoms with Crippen LogP contribution in [0.15, 0.2) is 11.1 Å². The van der Waals surface area contributed by atoms with Crippen molar-refractivity contribution in [2.24, 2.45) is 0 Å². The first-order valence-corrected chi connectivity index (χ1v) is 5.69. The largest absolute Gasteiger partial charge is 0.522 e. The summed E-state index contributed by atoms with van der Waals surface area (Å²) in [5.74, 6) is 0.0783. The molecule has 5 N–H and O–H groups in total. The summed E-state index contributed by atoms with van der Waals surface area (Å²) >= 11 is 0. The third kappa shape index (κ3) is 3.65. The van der Waals surface area contributed by atoms with Gasteiger partial charge in [0.2, 0.25) is 5.95 Å². The van der Waals surface area contributed by atoms with Crippen LogP contribution in [0, 0.1) is 0 Å². The number of nitrogens with two attached hydrogens (primary N) is 1. The molecular weight excluding hydrogens is 295 g/mol. The fraction of sp³-hybridized carbons (Fsp3) is 0.167. The highest BCUT2D eigenvalue weighted by Crippen LogP contribution is 2.20. The van der Waals surface area contributed by atoms with Gasteiger partial charge in [0.15, 0.2) is 11.2 Å². The average Bonchev–Trinajstić information content (AvgIpc) is 2.63. The van der Waals surface area contributed by atoms with Crippen LogP contribution >= 0.6 is 0 Å². The number of rotatable bonds is 0. The molecule has 2 aromatic rings. The van der Waals surface area contributed by atoms with Gasteiger partial charge >= 0.3 is 15.6 Å². The molecule has 0 aliphatic rings. The molecule has 0 aliphatic heterocycles. The number of nitrogens with zero attached hydrogens (tertiary/aromatic N) is 2. The third-order valence-corrected chi connectivity index (χ3v) is 2.19. The Kier molecular flexibility index (Phi) is 3.80. The van der Waals surface area contributed by atoms with Crippen LogP contribution in [-0.4, -0.2) is 38.4 Å². The Labute approximate surface area is 102 Å². The molecule has 0 aromatic carbocycles. The molecule has 2 aromatic heterocycles. The Balaban J connectivity index is 0.000000203. The van der Waals surface area contributed by atoms with Crippen LogP contribution in [0.3, 0.4) is 0 Å². The van der Waals surface area contributed by atoms with Gasteiger partial charge in [0.1, 0.15) is 0 Å². The van der Waals surface area contributed by atoms with Gasteiger partial charge in [-0.05, 0) is 0 Å². The summed E-state index contributed by atoms with van der Waals surface area (Å²) in [6, 6.07) is 0. The van der Waals surface area contributed by atoms with Gasteiger partial charge in [-0.2, -0.15) is 26.6 Å². The first-order chi connectivity index (χ1) is 8.52. The predicted molar refractivity (Wildman–Crippen MR) is 56.5 cm³/mol. The Bertz CT molecular complexity index is 733. The van der Waals surface area contributed by atoms with Crippen molar-refractivity contribution in [3.63, 3.8) is 0 Å². The zero-order valence-corrected chi connectivity index (χ0v) is 9.58. The topological polar surface area (TPSA) is 155 Å². The maximum atomic E-state index is 11.0. The van der Waals surface area contributed by atoms with Crippen molar-refractivity contribution in [3.8, 4) is 0 Å². The number of H-pyrrole nitrogens is 2. The number of imidazole rings is 1. The summed E-state index contributed by atoms with van der Waals surface area (Å²) in [7, 11) is -5.84.